The minimum atomic E-state index is -3.69. The monoisotopic (exact) mass is 558 g/mol. The summed E-state index contributed by atoms with van der Waals surface area (Å²) in [7, 11) is -3.69. The molecule has 1 fully saturated rings. The maximum Gasteiger partial charge on any atom is 0.268 e. The molecule has 1 aliphatic rings. The highest BCUT2D eigenvalue weighted by Crippen LogP contribution is 2.31. The van der Waals surface area contributed by atoms with Crippen molar-refractivity contribution in [2.45, 2.75) is 44.3 Å². The molecule has 4 rings (SSSR count). The molecule has 204 valence electrons. The van der Waals surface area contributed by atoms with Crippen LogP contribution in [0.15, 0.2) is 72.8 Å². The number of rotatable bonds is 11. The third-order valence-corrected chi connectivity index (χ3v) is 7.06. The van der Waals surface area contributed by atoms with Crippen LogP contribution in [0.1, 0.15) is 53.3 Å². The Morgan fingerprint density at radius 3 is 2.32 bits per heavy atom. The summed E-state index contributed by atoms with van der Waals surface area (Å²) in [6, 6.07) is 23.0. The molecular weight excluding hydrogens is 524 g/mol. The van der Waals surface area contributed by atoms with E-state index < -0.39 is 22.0 Å². The lowest BCUT2D eigenvalue weighted by Gasteiger charge is -2.17. The van der Waals surface area contributed by atoms with Crippen LogP contribution < -0.4 is 14.8 Å². The molecule has 0 spiro atoms. The van der Waals surface area contributed by atoms with Crippen molar-refractivity contribution in [3.63, 3.8) is 0 Å². The SMILES string of the molecule is CS(=O)(=O)NC(=O)c1ccc(-c2ccc(CCNC[C@H](O)c3ccccc3)cc2)cc1OC1CCCC1.Cl. The van der Waals surface area contributed by atoms with Gasteiger partial charge in [-0.1, -0.05) is 60.7 Å². The van der Waals surface area contributed by atoms with E-state index >= 15 is 0 Å². The number of sulfonamides is 1. The van der Waals surface area contributed by atoms with Gasteiger partial charge in [0.1, 0.15) is 5.75 Å². The first-order valence-electron chi connectivity index (χ1n) is 12.6. The highest BCUT2D eigenvalue weighted by molar-refractivity contribution is 7.89. The molecule has 0 heterocycles. The van der Waals surface area contributed by atoms with Crippen molar-refractivity contribution in [1.82, 2.24) is 10.0 Å². The summed E-state index contributed by atoms with van der Waals surface area (Å²) in [5.41, 5.74) is 4.14. The molecule has 3 aromatic rings. The van der Waals surface area contributed by atoms with Gasteiger partial charge in [0.2, 0.25) is 10.0 Å². The average molecular weight is 559 g/mol. The number of hydrogen-bond donors (Lipinski definition) is 3. The third-order valence-electron chi connectivity index (χ3n) is 6.50. The van der Waals surface area contributed by atoms with Gasteiger partial charge in [0.25, 0.3) is 5.91 Å². The fourth-order valence-electron chi connectivity index (χ4n) is 4.52. The lowest BCUT2D eigenvalue weighted by atomic mass is 10.0. The molecule has 1 aliphatic carbocycles. The van der Waals surface area contributed by atoms with Crippen LogP contribution in [-0.4, -0.2) is 44.9 Å². The van der Waals surface area contributed by atoms with Crippen LogP contribution in [0.5, 0.6) is 5.75 Å². The van der Waals surface area contributed by atoms with Gasteiger partial charge in [-0.25, -0.2) is 13.1 Å². The van der Waals surface area contributed by atoms with Crippen LogP contribution in [0.25, 0.3) is 11.1 Å². The molecule has 0 aromatic heterocycles. The maximum absolute atomic E-state index is 12.6. The van der Waals surface area contributed by atoms with Gasteiger partial charge in [-0.15, -0.1) is 12.4 Å². The molecule has 1 amide bonds. The number of ether oxygens (including phenoxy) is 1. The lowest BCUT2D eigenvalue weighted by Crippen LogP contribution is -2.30. The molecular formula is C29H35ClN2O5S. The molecule has 0 radical (unpaired) electrons. The summed E-state index contributed by atoms with van der Waals surface area (Å²) in [6.07, 6.45) is 5.27. The molecule has 1 saturated carbocycles. The van der Waals surface area contributed by atoms with Crippen LogP contribution in [0.4, 0.5) is 0 Å². The van der Waals surface area contributed by atoms with E-state index in [0.29, 0.717) is 12.3 Å². The molecule has 0 aliphatic heterocycles. The number of carbonyl (C=O) groups is 1. The van der Waals surface area contributed by atoms with Gasteiger partial charge in [-0.2, -0.15) is 0 Å². The third kappa shape index (κ3) is 8.56. The van der Waals surface area contributed by atoms with Crippen molar-refractivity contribution >= 4 is 28.3 Å². The summed E-state index contributed by atoms with van der Waals surface area (Å²) >= 11 is 0. The van der Waals surface area contributed by atoms with E-state index in [1.165, 1.54) is 0 Å². The number of halogens is 1. The van der Waals surface area contributed by atoms with E-state index in [1.54, 1.807) is 12.1 Å². The zero-order chi connectivity index (χ0) is 26.3. The molecule has 0 bridgehead atoms. The molecule has 1 atom stereocenters. The second-order valence-electron chi connectivity index (χ2n) is 9.52. The Morgan fingerprint density at radius 1 is 1.00 bits per heavy atom. The van der Waals surface area contributed by atoms with Crippen LogP contribution in [0.3, 0.4) is 0 Å². The number of nitrogens with one attached hydrogen (secondary N) is 2. The lowest BCUT2D eigenvalue weighted by molar-refractivity contribution is 0.0974. The molecule has 7 nitrogen and oxygen atoms in total. The molecule has 0 saturated heterocycles. The summed E-state index contributed by atoms with van der Waals surface area (Å²) in [6.45, 7) is 1.23. The van der Waals surface area contributed by atoms with E-state index in [2.05, 4.69) is 17.4 Å². The first kappa shape index (κ1) is 29.6. The predicted octanol–water partition coefficient (Wildman–Crippen LogP) is 4.65. The average Bonchev–Trinajstić information content (AvgIpc) is 3.39. The summed E-state index contributed by atoms with van der Waals surface area (Å²) < 4.78 is 31.4. The Kier molecular flexibility index (Phi) is 10.7. The minimum Gasteiger partial charge on any atom is -0.490 e. The standard InChI is InChI=1S/C29H34N2O5S.ClH/c1-37(34,35)31-29(33)26-16-15-24(19-28(26)36-25-9-5-6-10-25)22-13-11-21(12-14-22)17-18-30-20-27(32)23-7-3-2-4-8-23;/h2-4,7-8,11-16,19,25,27,30,32H,5-6,9-10,17-18,20H2,1H3,(H,31,33);1H/t27-;/m0./s1. The van der Waals surface area contributed by atoms with Gasteiger partial charge in [0, 0.05) is 6.54 Å². The minimum absolute atomic E-state index is 0. The predicted molar refractivity (Wildman–Crippen MR) is 152 cm³/mol. The fourth-order valence-corrected chi connectivity index (χ4v) is 4.97. The van der Waals surface area contributed by atoms with Crippen molar-refractivity contribution in [2.75, 3.05) is 19.3 Å². The number of carbonyl (C=O) groups excluding carboxylic acids is 1. The first-order valence-corrected chi connectivity index (χ1v) is 14.5. The molecule has 3 aromatic carbocycles. The zero-order valence-corrected chi connectivity index (χ0v) is 23.1. The summed E-state index contributed by atoms with van der Waals surface area (Å²) in [5.74, 6) is -0.293. The van der Waals surface area contributed by atoms with Crippen LogP contribution in [0, 0.1) is 0 Å². The topological polar surface area (TPSA) is 105 Å². The molecule has 38 heavy (non-hydrogen) atoms. The quantitative estimate of drug-likeness (QED) is 0.296. The zero-order valence-electron chi connectivity index (χ0n) is 21.4. The van der Waals surface area contributed by atoms with Crippen molar-refractivity contribution in [3.8, 4) is 16.9 Å². The number of hydrogen-bond acceptors (Lipinski definition) is 6. The smallest absolute Gasteiger partial charge is 0.268 e. The van der Waals surface area contributed by atoms with Crippen LogP contribution in [-0.2, 0) is 16.4 Å². The van der Waals surface area contributed by atoms with Crippen LogP contribution in [0.2, 0.25) is 0 Å². The number of amides is 1. The number of aliphatic hydroxyl groups is 1. The maximum atomic E-state index is 12.6. The van der Waals surface area contributed by atoms with Crippen molar-refractivity contribution in [1.29, 1.82) is 0 Å². The summed E-state index contributed by atoms with van der Waals surface area (Å²) in [5, 5.41) is 13.6. The van der Waals surface area contributed by atoms with Crippen LogP contribution >= 0.6 is 12.4 Å². The Morgan fingerprint density at radius 2 is 1.66 bits per heavy atom. The normalized spacial score (nSPS) is 14.5. The van der Waals surface area contributed by atoms with Crippen molar-refractivity contribution in [3.05, 3.63) is 89.5 Å². The number of aliphatic hydroxyl groups excluding tert-OH is 1. The highest BCUT2D eigenvalue weighted by Gasteiger charge is 2.22. The first-order chi connectivity index (χ1) is 17.8. The van der Waals surface area contributed by atoms with Crippen molar-refractivity contribution in [2.24, 2.45) is 0 Å². The summed E-state index contributed by atoms with van der Waals surface area (Å²) in [4.78, 5) is 12.6. The Hall–Kier alpha value is -2.91. The molecule has 0 unspecified atom stereocenters. The van der Waals surface area contributed by atoms with E-state index in [1.807, 2.05) is 53.3 Å². The second-order valence-corrected chi connectivity index (χ2v) is 11.3. The van der Waals surface area contributed by atoms with Gasteiger partial charge in [-0.05, 0) is 73.0 Å². The molecule has 9 heteroatoms. The molecule has 3 N–H and O–H groups in total. The Bertz CT molecular complexity index is 1290. The fraction of sp³-hybridized carbons (Fsp3) is 0.345. The Balaban J connectivity index is 0.00000400. The number of benzene rings is 3. The van der Waals surface area contributed by atoms with Gasteiger partial charge in [0.15, 0.2) is 0 Å². The highest BCUT2D eigenvalue weighted by atomic mass is 35.5. The van der Waals surface area contributed by atoms with E-state index in [0.717, 1.165) is 67.2 Å². The van der Waals surface area contributed by atoms with Crippen molar-refractivity contribution < 1.29 is 23.1 Å². The van der Waals surface area contributed by atoms with Gasteiger partial charge >= 0.3 is 0 Å². The van der Waals surface area contributed by atoms with Gasteiger partial charge < -0.3 is 15.2 Å². The van der Waals surface area contributed by atoms with Gasteiger partial charge in [-0.3, -0.25) is 4.79 Å². The van der Waals surface area contributed by atoms with Gasteiger partial charge in [0.05, 0.1) is 24.0 Å². The largest absolute Gasteiger partial charge is 0.490 e. The Labute approximate surface area is 231 Å². The van der Waals surface area contributed by atoms with E-state index in [9.17, 15) is 18.3 Å². The second kappa shape index (κ2) is 13.8. The van der Waals surface area contributed by atoms with E-state index in [-0.39, 0.29) is 24.1 Å². The van der Waals surface area contributed by atoms with E-state index in [4.69, 9.17) is 4.74 Å².